The van der Waals surface area contributed by atoms with Crippen molar-refractivity contribution in [2.45, 2.75) is 81.6 Å². The summed E-state index contributed by atoms with van der Waals surface area (Å²) >= 11 is 0. The third kappa shape index (κ3) is 7.34. The topological polar surface area (TPSA) is 12.0 Å². The van der Waals surface area contributed by atoms with Gasteiger partial charge in [0.15, 0.2) is 0 Å². The first-order valence-corrected chi connectivity index (χ1v) is 8.23. The minimum Gasteiger partial charge on any atom is -0.316 e. The van der Waals surface area contributed by atoms with Gasteiger partial charge >= 0.3 is 0 Å². The molecule has 1 unspecified atom stereocenters. The minimum absolute atomic E-state index is 0.438. The normalized spacial score (nSPS) is 24.2. The van der Waals surface area contributed by atoms with Crippen molar-refractivity contribution in [1.29, 1.82) is 0 Å². The van der Waals surface area contributed by atoms with E-state index >= 15 is 0 Å². The summed E-state index contributed by atoms with van der Waals surface area (Å²) in [5.74, 6) is 0.853. The van der Waals surface area contributed by atoms with Gasteiger partial charge in [-0.25, -0.2) is 0 Å². The number of hydrogen-bond acceptors (Lipinski definition) is 1. The fraction of sp³-hybridized carbons (Fsp3) is 1.00. The lowest BCUT2D eigenvalue weighted by atomic mass is 9.64. The van der Waals surface area contributed by atoms with E-state index in [4.69, 9.17) is 0 Å². The van der Waals surface area contributed by atoms with E-state index in [1.54, 1.807) is 0 Å². The molecule has 0 aromatic carbocycles. The zero-order valence-electron chi connectivity index (χ0n) is 15.1. The number of nitrogens with one attached hydrogen (secondary N) is 1. The molecule has 116 valence electrons. The molecule has 1 nitrogen and oxygen atoms in total. The minimum atomic E-state index is 0.438. The molecule has 1 atom stereocenters. The molecule has 19 heavy (non-hydrogen) atoms. The molecule has 0 bridgehead atoms. The zero-order valence-corrected chi connectivity index (χ0v) is 15.1. The summed E-state index contributed by atoms with van der Waals surface area (Å²) in [6.45, 7) is 23.3. The highest BCUT2D eigenvalue weighted by atomic mass is 14.9. The van der Waals surface area contributed by atoms with Crippen LogP contribution in [0.3, 0.4) is 0 Å². The van der Waals surface area contributed by atoms with Crippen LogP contribution in [0.15, 0.2) is 0 Å². The van der Waals surface area contributed by atoms with Crippen LogP contribution >= 0.6 is 0 Å². The SMILES string of the molecule is CC.CC(C)(C)CC(C)(C)C1CCNCC(C)(C)C1. The van der Waals surface area contributed by atoms with Gasteiger partial charge in [0, 0.05) is 6.54 Å². The maximum Gasteiger partial charge on any atom is 0.000262 e. The molecule has 1 heteroatoms. The standard InChI is InChI=1S/C16H33N.C2H6/c1-14(2,3)11-16(6,7)13-8-9-17-12-15(4,5)10-13;1-2/h13,17H,8-12H2,1-7H3;1-2H3. The van der Waals surface area contributed by atoms with Crippen LogP contribution in [0, 0.1) is 22.2 Å². The number of hydrogen-bond donors (Lipinski definition) is 1. The maximum absolute atomic E-state index is 3.60. The van der Waals surface area contributed by atoms with Crippen LogP contribution in [0.1, 0.15) is 81.6 Å². The molecule has 0 spiro atoms. The summed E-state index contributed by atoms with van der Waals surface area (Å²) < 4.78 is 0. The van der Waals surface area contributed by atoms with Crippen LogP contribution < -0.4 is 5.32 Å². The van der Waals surface area contributed by atoms with E-state index in [1.165, 1.54) is 32.4 Å². The van der Waals surface area contributed by atoms with E-state index in [2.05, 4.69) is 53.8 Å². The quantitative estimate of drug-likeness (QED) is 0.698. The van der Waals surface area contributed by atoms with Crippen molar-refractivity contribution in [2.75, 3.05) is 13.1 Å². The monoisotopic (exact) mass is 269 g/mol. The molecule has 0 saturated carbocycles. The molecule has 1 saturated heterocycles. The Labute approximate surface area is 122 Å². The molecule has 1 N–H and O–H groups in total. The molecule has 0 amide bonds. The second-order valence-corrected chi connectivity index (χ2v) is 8.76. The van der Waals surface area contributed by atoms with E-state index in [0.29, 0.717) is 16.2 Å². The van der Waals surface area contributed by atoms with Crippen molar-refractivity contribution < 1.29 is 0 Å². The molecule has 0 radical (unpaired) electrons. The summed E-state index contributed by atoms with van der Waals surface area (Å²) in [6, 6.07) is 0. The van der Waals surface area contributed by atoms with E-state index < -0.39 is 0 Å². The molecule has 1 aliphatic rings. The molecule has 1 aliphatic heterocycles. The van der Waals surface area contributed by atoms with Gasteiger partial charge in [-0.15, -0.1) is 0 Å². The van der Waals surface area contributed by atoms with Crippen molar-refractivity contribution in [3.05, 3.63) is 0 Å². The zero-order chi connectivity index (χ0) is 15.3. The smallest absolute Gasteiger partial charge is 0.000262 e. The second kappa shape index (κ2) is 7.11. The van der Waals surface area contributed by atoms with Gasteiger partial charge in [-0.1, -0.05) is 62.3 Å². The van der Waals surface area contributed by atoms with Crippen molar-refractivity contribution in [2.24, 2.45) is 22.2 Å². The molecule has 0 aliphatic carbocycles. The second-order valence-electron chi connectivity index (χ2n) is 8.76. The highest BCUT2D eigenvalue weighted by Gasteiger charge is 2.37. The first-order chi connectivity index (χ1) is 8.52. The van der Waals surface area contributed by atoms with E-state index in [-0.39, 0.29) is 0 Å². The predicted octanol–water partition coefficient (Wildman–Crippen LogP) is 5.50. The summed E-state index contributed by atoms with van der Waals surface area (Å²) in [5.41, 5.74) is 1.35. The van der Waals surface area contributed by atoms with Gasteiger partial charge < -0.3 is 5.32 Å². The lowest BCUT2D eigenvalue weighted by Gasteiger charge is -2.41. The fourth-order valence-corrected chi connectivity index (χ4v) is 3.72. The van der Waals surface area contributed by atoms with Gasteiger partial charge in [0.1, 0.15) is 0 Å². The highest BCUT2D eigenvalue weighted by Crippen LogP contribution is 2.45. The largest absolute Gasteiger partial charge is 0.316 e. The van der Waals surface area contributed by atoms with E-state index in [9.17, 15) is 0 Å². The Hall–Kier alpha value is -0.0400. The predicted molar refractivity (Wildman–Crippen MR) is 88.6 cm³/mol. The summed E-state index contributed by atoms with van der Waals surface area (Å²) in [4.78, 5) is 0. The van der Waals surface area contributed by atoms with Crippen molar-refractivity contribution >= 4 is 0 Å². The van der Waals surface area contributed by atoms with Crippen LogP contribution in [0.2, 0.25) is 0 Å². The Balaban J connectivity index is 0.00000154. The molecule has 0 aromatic heterocycles. The van der Waals surface area contributed by atoms with Crippen molar-refractivity contribution in [3.8, 4) is 0 Å². The maximum atomic E-state index is 3.60. The Morgan fingerprint density at radius 2 is 1.58 bits per heavy atom. The van der Waals surface area contributed by atoms with Gasteiger partial charge in [-0.3, -0.25) is 0 Å². The first kappa shape index (κ1) is 19.0. The average Bonchev–Trinajstić information content (AvgIpc) is 2.39. The van der Waals surface area contributed by atoms with Gasteiger partial charge in [0.2, 0.25) is 0 Å². The molecule has 1 fully saturated rings. The summed E-state index contributed by atoms with van der Waals surface area (Å²) in [7, 11) is 0. The molecular formula is C18H39N. The fourth-order valence-electron chi connectivity index (χ4n) is 3.72. The van der Waals surface area contributed by atoms with Gasteiger partial charge in [-0.2, -0.15) is 0 Å². The third-order valence-electron chi connectivity index (χ3n) is 4.16. The van der Waals surface area contributed by atoms with Gasteiger partial charge in [-0.05, 0) is 48.0 Å². The molecular weight excluding hydrogens is 230 g/mol. The Bertz CT molecular complexity index is 245. The van der Waals surface area contributed by atoms with Crippen LogP contribution in [-0.2, 0) is 0 Å². The van der Waals surface area contributed by atoms with Crippen LogP contribution in [0.25, 0.3) is 0 Å². The Kier molecular flexibility index (Phi) is 7.09. The average molecular weight is 270 g/mol. The lowest BCUT2D eigenvalue weighted by Crippen LogP contribution is -2.32. The van der Waals surface area contributed by atoms with Crippen LogP contribution in [0.5, 0.6) is 0 Å². The van der Waals surface area contributed by atoms with E-state index in [0.717, 1.165) is 5.92 Å². The summed E-state index contributed by atoms with van der Waals surface area (Å²) in [6.07, 6.45) is 4.02. The van der Waals surface area contributed by atoms with Crippen LogP contribution in [-0.4, -0.2) is 13.1 Å². The lowest BCUT2D eigenvalue weighted by molar-refractivity contribution is 0.0955. The van der Waals surface area contributed by atoms with Crippen molar-refractivity contribution in [1.82, 2.24) is 5.32 Å². The Morgan fingerprint density at radius 3 is 2.05 bits per heavy atom. The van der Waals surface area contributed by atoms with Crippen molar-refractivity contribution in [3.63, 3.8) is 0 Å². The Morgan fingerprint density at radius 1 is 1.05 bits per heavy atom. The highest BCUT2D eigenvalue weighted by molar-refractivity contribution is 4.89. The van der Waals surface area contributed by atoms with Gasteiger partial charge in [0.25, 0.3) is 0 Å². The van der Waals surface area contributed by atoms with Crippen LogP contribution in [0.4, 0.5) is 0 Å². The summed E-state index contributed by atoms with van der Waals surface area (Å²) in [5, 5.41) is 3.60. The molecule has 1 heterocycles. The van der Waals surface area contributed by atoms with Gasteiger partial charge in [0.05, 0.1) is 0 Å². The third-order valence-corrected chi connectivity index (χ3v) is 4.16. The first-order valence-electron chi connectivity index (χ1n) is 8.23. The molecule has 1 rings (SSSR count). The van der Waals surface area contributed by atoms with E-state index in [1.807, 2.05) is 13.8 Å². The number of rotatable bonds is 2. The molecule has 0 aromatic rings.